The van der Waals surface area contributed by atoms with Gasteiger partial charge in [0, 0.05) is 25.4 Å². The Bertz CT molecular complexity index is 795. The Morgan fingerprint density at radius 3 is 2.64 bits per heavy atom. The zero-order valence-corrected chi connectivity index (χ0v) is 18.5. The molecule has 10 heteroatoms. The van der Waals surface area contributed by atoms with Gasteiger partial charge in [0.2, 0.25) is 0 Å². The highest BCUT2D eigenvalue weighted by Crippen LogP contribution is 2.42. The minimum atomic E-state index is -4.49. The number of rotatable bonds is 6. The van der Waals surface area contributed by atoms with E-state index in [1.54, 1.807) is 29.4 Å². The molecule has 1 atom stereocenters. The van der Waals surface area contributed by atoms with E-state index in [-0.39, 0.29) is 18.0 Å². The van der Waals surface area contributed by atoms with E-state index in [0.717, 1.165) is 10.9 Å². The second-order valence-corrected chi connectivity index (χ2v) is 14.7. The van der Waals surface area contributed by atoms with Crippen molar-refractivity contribution in [1.29, 1.82) is 0 Å². The molecule has 0 saturated heterocycles. The predicted octanol–water partition coefficient (Wildman–Crippen LogP) is 4.42. The average Bonchev–Trinajstić information content (AvgIpc) is 2.98. The molecule has 2 aliphatic heterocycles. The molecule has 1 aromatic carbocycles. The van der Waals surface area contributed by atoms with E-state index in [1.165, 1.54) is 0 Å². The minimum absolute atomic E-state index is 0.225. The highest BCUT2D eigenvalue weighted by atomic mass is 79.9. The SMILES string of the molecule is C[Si](C)(C)CCOCN1C=C2C(=O)N(CC(F)(F)F)c3cc(Br)ccc3C2N1. The van der Waals surface area contributed by atoms with Crippen LogP contribution in [-0.4, -0.2) is 45.0 Å². The summed E-state index contributed by atoms with van der Waals surface area (Å²) in [4.78, 5) is 13.6. The molecule has 3 rings (SSSR count). The van der Waals surface area contributed by atoms with E-state index in [1.807, 2.05) is 0 Å². The predicted molar refractivity (Wildman–Crippen MR) is 107 cm³/mol. The van der Waals surface area contributed by atoms with Crippen LogP contribution in [0, 0.1) is 0 Å². The van der Waals surface area contributed by atoms with Gasteiger partial charge in [0.1, 0.15) is 13.3 Å². The summed E-state index contributed by atoms with van der Waals surface area (Å²) in [6.07, 6.45) is -2.94. The molecule has 0 radical (unpaired) electrons. The molecule has 0 fully saturated rings. The van der Waals surface area contributed by atoms with Gasteiger partial charge in [-0.15, -0.1) is 0 Å². The lowest BCUT2D eigenvalue weighted by atomic mass is 9.93. The highest BCUT2D eigenvalue weighted by Gasteiger charge is 2.44. The number of hydrogen-bond acceptors (Lipinski definition) is 4. The number of ether oxygens (including phenoxy) is 1. The molecule has 1 unspecified atom stereocenters. The van der Waals surface area contributed by atoms with Crippen LogP contribution in [0.15, 0.2) is 34.4 Å². The van der Waals surface area contributed by atoms with Crippen molar-refractivity contribution in [2.75, 3.05) is 24.8 Å². The number of benzene rings is 1. The molecule has 2 heterocycles. The number of carbonyl (C=O) groups excluding carboxylic acids is 1. The van der Waals surface area contributed by atoms with Gasteiger partial charge in [-0.05, 0) is 23.7 Å². The standard InChI is InChI=1S/C18H23BrF3N3O2Si/c1-28(2,3)7-6-27-11-24-9-14-16(23-24)13-5-4-12(19)8-15(13)25(17(14)26)10-18(20,21)22/h4-5,8-9,16,23H,6-7,10-11H2,1-3H3. The van der Waals surface area contributed by atoms with Gasteiger partial charge < -0.3 is 4.74 Å². The molecule has 0 saturated carbocycles. The zero-order valence-electron chi connectivity index (χ0n) is 15.9. The Hall–Kier alpha value is -1.36. The number of amides is 1. The molecule has 154 valence electrons. The first-order valence-corrected chi connectivity index (χ1v) is 13.4. The van der Waals surface area contributed by atoms with Crippen molar-refractivity contribution in [2.24, 2.45) is 0 Å². The highest BCUT2D eigenvalue weighted by molar-refractivity contribution is 9.10. The summed E-state index contributed by atoms with van der Waals surface area (Å²) in [5.41, 5.74) is 4.33. The first-order chi connectivity index (χ1) is 12.9. The van der Waals surface area contributed by atoms with Crippen molar-refractivity contribution in [2.45, 2.75) is 37.9 Å². The Morgan fingerprint density at radius 2 is 2.00 bits per heavy atom. The third-order valence-electron chi connectivity index (χ3n) is 4.55. The van der Waals surface area contributed by atoms with E-state index < -0.39 is 32.7 Å². The van der Waals surface area contributed by atoms with E-state index in [2.05, 4.69) is 41.0 Å². The molecule has 1 N–H and O–H groups in total. The van der Waals surface area contributed by atoms with Gasteiger partial charge in [0.15, 0.2) is 0 Å². The Morgan fingerprint density at radius 1 is 1.29 bits per heavy atom. The fraction of sp³-hybridized carbons (Fsp3) is 0.500. The van der Waals surface area contributed by atoms with Gasteiger partial charge in [-0.1, -0.05) is 41.6 Å². The van der Waals surface area contributed by atoms with Crippen LogP contribution in [0.1, 0.15) is 11.6 Å². The van der Waals surface area contributed by atoms with Crippen LogP contribution in [0.5, 0.6) is 0 Å². The molecular formula is C18H23BrF3N3O2Si. The normalized spacial score (nSPS) is 19.6. The van der Waals surface area contributed by atoms with Crippen molar-refractivity contribution >= 4 is 35.6 Å². The summed E-state index contributed by atoms with van der Waals surface area (Å²) < 4.78 is 45.5. The summed E-state index contributed by atoms with van der Waals surface area (Å²) in [5.74, 6) is -0.648. The molecule has 2 aliphatic rings. The van der Waals surface area contributed by atoms with E-state index in [0.29, 0.717) is 16.6 Å². The van der Waals surface area contributed by atoms with Gasteiger partial charge in [-0.25, -0.2) is 5.43 Å². The van der Waals surface area contributed by atoms with Crippen LogP contribution in [0.4, 0.5) is 18.9 Å². The molecule has 28 heavy (non-hydrogen) atoms. The smallest absolute Gasteiger partial charge is 0.360 e. The maximum atomic E-state index is 13.1. The van der Waals surface area contributed by atoms with Crippen molar-refractivity contribution in [3.63, 3.8) is 0 Å². The molecule has 1 aromatic rings. The van der Waals surface area contributed by atoms with Crippen molar-refractivity contribution in [3.8, 4) is 0 Å². The van der Waals surface area contributed by atoms with Crippen LogP contribution >= 0.6 is 15.9 Å². The fourth-order valence-corrected chi connectivity index (χ4v) is 4.25. The summed E-state index contributed by atoms with van der Waals surface area (Å²) >= 11 is 3.28. The summed E-state index contributed by atoms with van der Waals surface area (Å²) in [6, 6.07) is 5.56. The third-order valence-corrected chi connectivity index (χ3v) is 6.75. The number of hydrogen-bond donors (Lipinski definition) is 1. The van der Waals surface area contributed by atoms with Crippen LogP contribution in [0.3, 0.4) is 0 Å². The molecule has 5 nitrogen and oxygen atoms in total. The summed E-state index contributed by atoms with van der Waals surface area (Å²) in [6.45, 7) is 6.27. The van der Waals surface area contributed by atoms with Crippen LogP contribution in [0.2, 0.25) is 25.7 Å². The summed E-state index contributed by atoms with van der Waals surface area (Å²) in [5, 5.41) is 1.63. The average molecular weight is 478 g/mol. The van der Waals surface area contributed by atoms with Crippen molar-refractivity contribution in [3.05, 3.63) is 40.0 Å². The lowest BCUT2D eigenvalue weighted by molar-refractivity contribution is -0.130. The molecular weight excluding hydrogens is 455 g/mol. The topological polar surface area (TPSA) is 44.8 Å². The number of carbonyl (C=O) groups is 1. The van der Waals surface area contributed by atoms with Crippen molar-refractivity contribution < 1.29 is 22.7 Å². The maximum absolute atomic E-state index is 13.1. The molecule has 1 amide bonds. The number of hydrazine groups is 1. The molecule has 0 aliphatic carbocycles. The van der Waals surface area contributed by atoms with Crippen LogP contribution in [-0.2, 0) is 9.53 Å². The number of nitrogens with one attached hydrogen (secondary N) is 1. The van der Waals surface area contributed by atoms with E-state index in [4.69, 9.17) is 4.74 Å². The second kappa shape index (κ2) is 7.81. The largest absolute Gasteiger partial charge is 0.406 e. The first-order valence-electron chi connectivity index (χ1n) is 8.95. The second-order valence-electron chi connectivity index (χ2n) is 8.17. The zero-order chi connectivity index (χ0) is 20.7. The number of nitrogens with zero attached hydrogens (tertiary/aromatic N) is 2. The summed E-state index contributed by atoms with van der Waals surface area (Å²) in [7, 11) is -1.21. The number of alkyl halides is 3. The fourth-order valence-electron chi connectivity index (χ4n) is 3.14. The number of halogens is 4. The van der Waals surface area contributed by atoms with E-state index >= 15 is 0 Å². The Kier molecular flexibility index (Phi) is 5.95. The maximum Gasteiger partial charge on any atom is 0.406 e. The lowest BCUT2D eigenvalue weighted by Gasteiger charge is -2.34. The molecule has 0 aromatic heterocycles. The lowest BCUT2D eigenvalue weighted by Crippen LogP contribution is -2.45. The Labute approximate surface area is 171 Å². The number of fused-ring (bicyclic) bond motifs is 3. The first kappa shape index (κ1) is 21.3. The van der Waals surface area contributed by atoms with Gasteiger partial charge in [0.05, 0.1) is 17.3 Å². The monoisotopic (exact) mass is 477 g/mol. The van der Waals surface area contributed by atoms with Crippen molar-refractivity contribution in [1.82, 2.24) is 10.4 Å². The molecule has 0 bridgehead atoms. The quantitative estimate of drug-likeness (QED) is 0.486. The molecule has 0 spiro atoms. The van der Waals surface area contributed by atoms with Crippen LogP contribution < -0.4 is 10.3 Å². The van der Waals surface area contributed by atoms with Gasteiger partial charge in [-0.2, -0.15) is 13.2 Å². The van der Waals surface area contributed by atoms with E-state index in [9.17, 15) is 18.0 Å². The van der Waals surface area contributed by atoms with Gasteiger partial charge >= 0.3 is 6.18 Å². The van der Waals surface area contributed by atoms with Crippen LogP contribution in [0.25, 0.3) is 0 Å². The Balaban J connectivity index is 1.80. The number of anilines is 1. The third kappa shape index (κ3) is 4.97. The van der Waals surface area contributed by atoms with Gasteiger partial charge in [0.25, 0.3) is 5.91 Å². The van der Waals surface area contributed by atoms with Gasteiger partial charge in [-0.3, -0.25) is 14.7 Å². The minimum Gasteiger partial charge on any atom is -0.360 e.